The first-order chi connectivity index (χ1) is 10.7. The number of rotatable bonds is 8. The number of ether oxygens (including phenoxy) is 1. The number of hydrogen-bond acceptors (Lipinski definition) is 3. The van der Waals surface area contributed by atoms with E-state index in [1.165, 1.54) is 5.56 Å². The van der Waals surface area contributed by atoms with Crippen LogP contribution in [0.5, 0.6) is 5.75 Å². The van der Waals surface area contributed by atoms with E-state index in [0.717, 1.165) is 30.8 Å². The molecule has 0 unspecified atom stereocenters. The van der Waals surface area contributed by atoms with Gasteiger partial charge in [-0.25, -0.2) is 0 Å². The number of nitrogens with zero attached hydrogens (tertiary/aromatic N) is 1. The van der Waals surface area contributed by atoms with Crippen LogP contribution in [-0.4, -0.2) is 25.1 Å². The molecule has 0 saturated carbocycles. The molecule has 4 heteroatoms. The largest absolute Gasteiger partial charge is 0.493 e. The molecule has 0 fully saturated rings. The maximum Gasteiger partial charge on any atom is 0.125 e. The van der Waals surface area contributed by atoms with Crippen LogP contribution in [0.1, 0.15) is 17.5 Å². The quantitative estimate of drug-likeness (QED) is 0.754. The fraction of sp³-hybridized carbons (Fsp3) is 0.333. The Hall–Kier alpha value is -1.55. The lowest BCUT2D eigenvalue weighted by molar-refractivity contribution is 0.257. The monoisotopic (exact) mass is 318 g/mol. The van der Waals surface area contributed by atoms with E-state index in [4.69, 9.17) is 22.1 Å². The van der Waals surface area contributed by atoms with Gasteiger partial charge in [-0.15, -0.1) is 0 Å². The molecule has 0 aliphatic carbocycles. The van der Waals surface area contributed by atoms with E-state index in [9.17, 15) is 0 Å². The van der Waals surface area contributed by atoms with Gasteiger partial charge in [0.25, 0.3) is 0 Å². The molecule has 0 aliphatic rings. The van der Waals surface area contributed by atoms with Crippen LogP contribution in [0.15, 0.2) is 48.5 Å². The summed E-state index contributed by atoms with van der Waals surface area (Å²) in [6, 6.07) is 16.1. The van der Waals surface area contributed by atoms with Gasteiger partial charge in [-0.05, 0) is 31.2 Å². The second-order valence-electron chi connectivity index (χ2n) is 5.35. The van der Waals surface area contributed by atoms with Crippen LogP contribution >= 0.6 is 11.6 Å². The average molecular weight is 319 g/mol. The van der Waals surface area contributed by atoms with Crippen LogP contribution < -0.4 is 10.5 Å². The van der Waals surface area contributed by atoms with E-state index in [0.29, 0.717) is 18.2 Å². The molecule has 2 N–H and O–H groups in total. The molecule has 0 spiro atoms. The summed E-state index contributed by atoms with van der Waals surface area (Å²) in [7, 11) is 2.12. The second kappa shape index (κ2) is 8.79. The van der Waals surface area contributed by atoms with Crippen LogP contribution in [0.25, 0.3) is 0 Å². The molecule has 0 radical (unpaired) electrons. The summed E-state index contributed by atoms with van der Waals surface area (Å²) < 4.78 is 5.82. The Morgan fingerprint density at radius 3 is 2.59 bits per heavy atom. The number of nitrogens with two attached hydrogens (primary N) is 1. The maximum absolute atomic E-state index is 6.11. The molecule has 0 aliphatic heterocycles. The van der Waals surface area contributed by atoms with Crippen molar-refractivity contribution in [2.75, 3.05) is 20.2 Å². The summed E-state index contributed by atoms with van der Waals surface area (Å²) in [5, 5.41) is 0.668. The highest BCUT2D eigenvalue weighted by molar-refractivity contribution is 6.31. The summed E-state index contributed by atoms with van der Waals surface area (Å²) >= 11 is 6.11. The van der Waals surface area contributed by atoms with E-state index in [2.05, 4.69) is 36.2 Å². The Balaban J connectivity index is 1.74. The fourth-order valence-electron chi connectivity index (χ4n) is 2.36. The highest BCUT2D eigenvalue weighted by Gasteiger charge is 2.06. The summed E-state index contributed by atoms with van der Waals surface area (Å²) in [6.07, 6.45) is 0.958. The van der Waals surface area contributed by atoms with E-state index in [1.807, 2.05) is 24.3 Å². The van der Waals surface area contributed by atoms with Crippen LogP contribution in [0.4, 0.5) is 0 Å². The number of hydrogen-bond donors (Lipinski definition) is 1. The molecule has 0 bridgehead atoms. The third-order valence-corrected chi connectivity index (χ3v) is 3.87. The maximum atomic E-state index is 6.11. The molecule has 0 aromatic heterocycles. The van der Waals surface area contributed by atoms with Gasteiger partial charge >= 0.3 is 0 Å². The zero-order valence-electron chi connectivity index (χ0n) is 13.0. The molecule has 0 amide bonds. The van der Waals surface area contributed by atoms with Crippen LogP contribution in [0.2, 0.25) is 5.02 Å². The molecule has 0 atom stereocenters. The summed E-state index contributed by atoms with van der Waals surface area (Å²) in [5.41, 5.74) is 7.92. The Bertz CT molecular complexity index is 575. The van der Waals surface area contributed by atoms with Gasteiger partial charge < -0.3 is 15.4 Å². The number of benzene rings is 2. The molecule has 2 aromatic carbocycles. The van der Waals surface area contributed by atoms with Gasteiger partial charge in [0.05, 0.1) is 6.61 Å². The van der Waals surface area contributed by atoms with Gasteiger partial charge in [0.15, 0.2) is 0 Å². The normalized spacial score (nSPS) is 10.9. The second-order valence-corrected chi connectivity index (χ2v) is 5.75. The van der Waals surface area contributed by atoms with Gasteiger partial charge in [0.2, 0.25) is 0 Å². The molecular weight excluding hydrogens is 296 g/mol. The molecule has 22 heavy (non-hydrogen) atoms. The molecule has 3 nitrogen and oxygen atoms in total. The van der Waals surface area contributed by atoms with Gasteiger partial charge in [-0.2, -0.15) is 0 Å². The lowest BCUT2D eigenvalue weighted by Gasteiger charge is -2.17. The van der Waals surface area contributed by atoms with Crippen molar-refractivity contribution in [1.29, 1.82) is 0 Å². The summed E-state index contributed by atoms with van der Waals surface area (Å²) in [6.45, 7) is 2.98. The Morgan fingerprint density at radius 1 is 1.09 bits per heavy atom. The van der Waals surface area contributed by atoms with E-state index >= 15 is 0 Å². The molecule has 118 valence electrons. The third-order valence-electron chi connectivity index (χ3n) is 3.52. The minimum absolute atomic E-state index is 0.392. The standard InChI is InChI=1S/C18H23ClN2O/c1-21(14-15-7-3-2-4-8-15)11-6-12-22-18-10-5-9-17(19)16(18)13-20/h2-5,7-10H,6,11-14,20H2,1H3. The van der Waals surface area contributed by atoms with Crippen molar-refractivity contribution in [3.8, 4) is 5.75 Å². The van der Waals surface area contributed by atoms with E-state index in [1.54, 1.807) is 0 Å². The van der Waals surface area contributed by atoms with Crippen LogP contribution in [0.3, 0.4) is 0 Å². The molecular formula is C18H23ClN2O. The smallest absolute Gasteiger partial charge is 0.125 e. The van der Waals surface area contributed by atoms with Crippen LogP contribution in [0, 0.1) is 0 Å². The van der Waals surface area contributed by atoms with Gasteiger partial charge in [-0.1, -0.05) is 48.0 Å². The lowest BCUT2D eigenvalue weighted by atomic mass is 10.2. The summed E-state index contributed by atoms with van der Waals surface area (Å²) in [4.78, 5) is 2.29. The van der Waals surface area contributed by atoms with Crippen molar-refractivity contribution >= 4 is 11.6 Å². The minimum Gasteiger partial charge on any atom is -0.493 e. The first kappa shape index (κ1) is 16.8. The Morgan fingerprint density at radius 2 is 1.86 bits per heavy atom. The zero-order chi connectivity index (χ0) is 15.8. The predicted octanol–water partition coefficient (Wildman–Crippen LogP) is 3.70. The Kier molecular flexibility index (Phi) is 6.72. The van der Waals surface area contributed by atoms with Crippen molar-refractivity contribution < 1.29 is 4.74 Å². The highest BCUT2D eigenvalue weighted by Crippen LogP contribution is 2.25. The molecule has 2 aromatic rings. The predicted molar refractivity (Wildman–Crippen MR) is 92.2 cm³/mol. The van der Waals surface area contributed by atoms with Crippen molar-refractivity contribution in [3.63, 3.8) is 0 Å². The third kappa shape index (κ3) is 5.02. The SMILES string of the molecule is CN(CCCOc1cccc(Cl)c1CN)Cc1ccccc1. The van der Waals surface area contributed by atoms with Crippen LogP contribution in [-0.2, 0) is 13.1 Å². The topological polar surface area (TPSA) is 38.5 Å². The number of halogens is 1. The van der Waals surface area contributed by atoms with Gasteiger partial charge in [-0.3, -0.25) is 0 Å². The van der Waals surface area contributed by atoms with Gasteiger partial charge in [0.1, 0.15) is 5.75 Å². The van der Waals surface area contributed by atoms with E-state index < -0.39 is 0 Å². The molecule has 0 saturated heterocycles. The first-order valence-electron chi connectivity index (χ1n) is 7.53. The van der Waals surface area contributed by atoms with Crippen molar-refractivity contribution in [2.45, 2.75) is 19.5 Å². The van der Waals surface area contributed by atoms with E-state index in [-0.39, 0.29) is 0 Å². The average Bonchev–Trinajstić information content (AvgIpc) is 2.52. The lowest BCUT2D eigenvalue weighted by Crippen LogP contribution is -2.20. The van der Waals surface area contributed by atoms with Crippen molar-refractivity contribution in [2.24, 2.45) is 5.73 Å². The zero-order valence-corrected chi connectivity index (χ0v) is 13.7. The summed E-state index contributed by atoms with van der Waals surface area (Å²) in [5.74, 6) is 0.792. The fourth-order valence-corrected chi connectivity index (χ4v) is 2.61. The molecule has 2 rings (SSSR count). The van der Waals surface area contributed by atoms with Gasteiger partial charge in [0, 0.05) is 30.2 Å². The van der Waals surface area contributed by atoms with Crippen molar-refractivity contribution in [3.05, 3.63) is 64.7 Å². The Labute approximate surface area is 137 Å². The molecule has 0 heterocycles. The van der Waals surface area contributed by atoms with Crippen molar-refractivity contribution in [1.82, 2.24) is 4.90 Å². The first-order valence-corrected chi connectivity index (χ1v) is 7.91. The highest BCUT2D eigenvalue weighted by atomic mass is 35.5. The minimum atomic E-state index is 0.392.